The maximum Gasteiger partial charge on any atom is 0.183 e. The Morgan fingerprint density at radius 1 is 1.24 bits per heavy atom. The molecular weight excluding hydrogens is 217 g/mol. The first-order chi connectivity index (χ1) is 8.09. The molecule has 2 atom stereocenters. The van der Waals surface area contributed by atoms with Crippen LogP contribution in [0.15, 0.2) is 36.7 Å². The van der Waals surface area contributed by atoms with Gasteiger partial charge in [-0.05, 0) is 18.1 Å². The monoisotopic (exact) mass is 233 g/mol. The van der Waals surface area contributed by atoms with E-state index >= 15 is 0 Å². The highest BCUT2D eigenvalue weighted by Gasteiger charge is 2.16. The van der Waals surface area contributed by atoms with Gasteiger partial charge in [0, 0.05) is 25.5 Å². The van der Waals surface area contributed by atoms with E-state index < -0.39 is 6.17 Å². The fourth-order valence-corrected chi connectivity index (χ4v) is 1.74. The lowest BCUT2D eigenvalue weighted by atomic mass is 10.0. The Morgan fingerprint density at radius 2 is 1.82 bits per heavy atom. The second-order valence-electron chi connectivity index (χ2n) is 4.21. The first-order valence-corrected chi connectivity index (χ1v) is 5.56. The van der Waals surface area contributed by atoms with Crippen LogP contribution < -0.4 is 5.73 Å². The Balaban J connectivity index is 2.26. The van der Waals surface area contributed by atoms with Gasteiger partial charge < -0.3 is 10.3 Å². The number of nitrogens with zero attached hydrogens (tertiary/aromatic N) is 2. The van der Waals surface area contributed by atoms with Gasteiger partial charge in [-0.3, -0.25) is 0 Å². The Labute approximate surface area is 100 Å². The molecule has 1 aromatic heterocycles. The van der Waals surface area contributed by atoms with Gasteiger partial charge in [-0.1, -0.05) is 24.3 Å². The molecule has 4 heteroatoms. The molecule has 0 bridgehead atoms. The number of imidazole rings is 1. The molecule has 0 aliphatic heterocycles. The summed E-state index contributed by atoms with van der Waals surface area (Å²) >= 11 is 0. The minimum absolute atomic E-state index is 0.0322. The van der Waals surface area contributed by atoms with Crippen LogP contribution in [0, 0.1) is 0 Å². The SMILES string of the molecule is CC(N)c1ccc(C(F)c2nccn2C)cc1. The van der Waals surface area contributed by atoms with Crippen LogP contribution in [0.4, 0.5) is 4.39 Å². The normalized spacial score (nSPS) is 14.6. The van der Waals surface area contributed by atoms with Gasteiger partial charge >= 0.3 is 0 Å². The highest BCUT2D eigenvalue weighted by Crippen LogP contribution is 2.25. The highest BCUT2D eigenvalue weighted by atomic mass is 19.1. The average Bonchev–Trinajstić information content (AvgIpc) is 2.74. The Hall–Kier alpha value is -1.68. The number of hydrogen-bond donors (Lipinski definition) is 1. The number of rotatable bonds is 3. The molecule has 2 N–H and O–H groups in total. The summed E-state index contributed by atoms with van der Waals surface area (Å²) in [4.78, 5) is 4.01. The summed E-state index contributed by atoms with van der Waals surface area (Å²) in [6.07, 6.45) is 2.13. The van der Waals surface area contributed by atoms with Crippen LogP contribution in [0.2, 0.25) is 0 Å². The van der Waals surface area contributed by atoms with E-state index in [0.29, 0.717) is 11.4 Å². The van der Waals surface area contributed by atoms with Crippen LogP contribution in [-0.2, 0) is 7.05 Å². The predicted molar refractivity (Wildman–Crippen MR) is 65.2 cm³/mol. The molecule has 0 amide bonds. The molecule has 17 heavy (non-hydrogen) atoms. The molecule has 2 unspecified atom stereocenters. The topological polar surface area (TPSA) is 43.8 Å². The van der Waals surface area contributed by atoms with E-state index in [9.17, 15) is 4.39 Å². The molecule has 3 nitrogen and oxygen atoms in total. The molecule has 0 aliphatic carbocycles. The predicted octanol–water partition coefficient (Wildman–Crippen LogP) is 2.50. The molecule has 90 valence electrons. The number of benzene rings is 1. The van der Waals surface area contributed by atoms with Crippen molar-refractivity contribution in [2.24, 2.45) is 12.8 Å². The Kier molecular flexibility index (Phi) is 3.24. The van der Waals surface area contributed by atoms with E-state index in [-0.39, 0.29) is 6.04 Å². The second kappa shape index (κ2) is 4.67. The Bertz CT molecular complexity index is 488. The van der Waals surface area contributed by atoms with Gasteiger partial charge in [0.15, 0.2) is 6.17 Å². The fourth-order valence-electron chi connectivity index (χ4n) is 1.74. The molecule has 0 saturated carbocycles. The van der Waals surface area contributed by atoms with E-state index in [1.807, 2.05) is 19.1 Å². The van der Waals surface area contributed by atoms with Crippen molar-refractivity contribution in [1.82, 2.24) is 9.55 Å². The molecule has 0 saturated heterocycles. The van der Waals surface area contributed by atoms with Crippen molar-refractivity contribution in [1.29, 1.82) is 0 Å². The van der Waals surface area contributed by atoms with Crippen LogP contribution in [0.3, 0.4) is 0 Å². The molecule has 0 radical (unpaired) electrons. The molecule has 2 rings (SSSR count). The van der Waals surface area contributed by atoms with E-state index in [1.54, 1.807) is 36.1 Å². The van der Waals surface area contributed by atoms with Crippen molar-refractivity contribution >= 4 is 0 Å². The van der Waals surface area contributed by atoms with Crippen LogP contribution in [-0.4, -0.2) is 9.55 Å². The minimum Gasteiger partial charge on any atom is -0.335 e. The number of alkyl halides is 1. The third-order valence-corrected chi connectivity index (χ3v) is 2.84. The van der Waals surface area contributed by atoms with E-state index in [2.05, 4.69) is 4.98 Å². The van der Waals surface area contributed by atoms with Gasteiger partial charge in [0.2, 0.25) is 0 Å². The lowest BCUT2D eigenvalue weighted by molar-refractivity contribution is 0.376. The van der Waals surface area contributed by atoms with Gasteiger partial charge in [0.25, 0.3) is 0 Å². The standard InChI is InChI=1S/C13H16FN3/c1-9(15)10-3-5-11(6-4-10)12(14)13-16-7-8-17(13)2/h3-9,12H,15H2,1-2H3. The molecule has 1 heterocycles. The van der Waals surface area contributed by atoms with Crippen molar-refractivity contribution in [2.75, 3.05) is 0 Å². The smallest absolute Gasteiger partial charge is 0.183 e. The zero-order valence-corrected chi connectivity index (χ0v) is 9.97. The summed E-state index contributed by atoms with van der Waals surface area (Å²) in [7, 11) is 1.78. The molecule has 0 fully saturated rings. The average molecular weight is 233 g/mol. The minimum atomic E-state index is -1.20. The van der Waals surface area contributed by atoms with Gasteiger partial charge in [-0.25, -0.2) is 9.37 Å². The molecule has 2 aromatic rings. The van der Waals surface area contributed by atoms with Crippen molar-refractivity contribution < 1.29 is 4.39 Å². The zero-order chi connectivity index (χ0) is 12.4. The first-order valence-electron chi connectivity index (χ1n) is 5.56. The van der Waals surface area contributed by atoms with E-state index in [0.717, 1.165) is 5.56 Å². The third-order valence-electron chi connectivity index (χ3n) is 2.84. The highest BCUT2D eigenvalue weighted by molar-refractivity contribution is 5.28. The number of aromatic nitrogens is 2. The van der Waals surface area contributed by atoms with Crippen LogP contribution in [0.25, 0.3) is 0 Å². The van der Waals surface area contributed by atoms with Gasteiger partial charge in [-0.2, -0.15) is 0 Å². The molecular formula is C13H16FN3. The summed E-state index contributed by atoms with van der Waals surface area (Å²) in [5.74, 6) is 0.415. The van der Waals surface area contributed by atoms with Gasteiger partial charge in [0.1, 0.15) is 5.82 Å². The number of halogens is 1. The fraction of sp³-hybridized carbons (Fsp3) is 0.308. The quantitative estimate of drug-likeness (QED) is 0.885. The lowest BCUT2D eigenvalue weighted by Crippen LogP contribution is -2.06. The van der Waals surface area contributed by atoms with Gasteiger partial charge in [-0.15, -0.1) is 0 Å². The van der Waals surface area contributed by atoms with Crippen molar-refractivity contribution in [2.45, 2.75) is 19.1 Å². The van der Waals surface area contributed by atoms with Crippen molar-refractivity contribution in [3.63, 3.8) is 0 Å². The summed E-state index contributed by atoms with van der Waals surface area (Å²) in [6.45, 7) is 1.90. The number of hydrogen-bond acceptors (Lipinski definition) is 2. The maximum atomic E-state index is 14.2. The number of nitrogens with two attached hydrogens (primary N) is 1. The van der Waals surface area contributed by atoms with Crippen LogP contribution >= 0.6 is 0 Å². The van der Waals surface area contributed by atoms with Crippen LogP contribution in [0.1, 0.15) is 36.1 Å². The number of aryl methyl sites for hydroxylation is 1. The lowest BCUT2D eigenvalue weighted by Gasteiger charge is -2.10. The summed E-state index contributed by atoms with van der Waals surface area (Å²) in [6, 6.07) is 7.21. The molecule has 1 aromatic carbocycles. The summed E-state index contributed by atoms with van der Waals surface area (Å²) < 4.78 is 15.9. The zero-order valence-electron chi connectivity index (χ0n) is 9.97. The second-order valence-corrected chi connectivity index (χ2v) is 4.21. The third kappa shape index (κ3) is 2.36. The largest absolute Gasteiger partial charge is 0.335 e. The Morgan fingerprint density at radius 3 is 2.29 bits per heavy atom. The van der Waals surface area contributed by atoms with Crippen molar-refractivity contribution in [3.8, 4) is 0 Å². The molecule has 0 aliphatic rings. The van der Waals surface area contributed by atoms with E-state index in [4.69, 9.17) is 5.73 Å². The molecule has 0 spiro atoms. The first kappa shape index (κ1) is 11.8. The maximum absolute atomic E-state index is 14.2. The van der Waals surface area contributed by atoms with Crippen molar-refractivity contribution in [3.05, 3.63) is 53.6 Å². The van der Waals surface area contributed by atoms with Gasteiger partial charge in [0.05, 0.1) is 0 Å². The van der Waals surface area contributed by atoms with Crippen LogP contribution in [0.5, 0.6) is 0 Å². The van der Waals surface area contributed by atoms with E-state index in [1.165, 1.54) is 0 Å². The summed E-state index contributed by atoms with van der Waals surface area (Å²) in [5.41, 5.74) is 7.35. The summed E-state index contributed by atoms with van der Waals surface area (Å²) in [5, 5.41) is 0.